The topological polar surface area (TPSA) is 62.2 Å². The Morgan fingerprint density at radius 2 is 2.00 bits per heavy atom. The van der Waals surface area contributed by atoms with E-state index in [-0.39, 0.29) is 11.9 Å². The van der Waals surface area contributed by atoms with Gasteiger partial charge in [-0.05, 0) is 38.6 Å². The zero-order valence-corrected chi connectivity index (χ0v) is 18.5. The number of fused-ring (bicyclic) bond motifs is 3. The van der Waals surface area contributed by atoms with Crippen molar-refractivity contribution < 1.29 is 4.79 Å². The Kier molecular flexibility index (Phi) is 5.46. The first-order valence-electron chi connectivity index (χ1n) is 10.6. The van der Waals surface area contributed by atoms with E-state index in [0.717, 1.165) is 36.5 Å². The van der Waals surface area contributed by atoms with Crippen LogP contribution in [0.3, 0.4) is 0 Å². The molecule has 1 amide bonds. The van der Waals surface area contributed by atoms with Gasteiger partial charge in [-0.2, -0.15) is 0 Å². The molecule has 2 unspecified atom stereocenters. The summed E-state index contributed by atoms with van der Waals surface area (Å²) in [5, 5.41) is 9.03. The Hall–Kier alpha value is -2.77. The molecule has 3 heterocycles. The zero-order chi connectivity index (χ0) is 21.4. The van der Waals surface area contributed by atoms with Crippen LogP contribution < -0.4 is 4.90 Å². The SMILES string of the molecule is Cc1ccc2c(c1)C1CN(C)CCC1N2C(=O)CSc1ncc(-c2ccccc2)nn1. The molecule has 2 aromatic carbocycles. The average Bonchev–Trinajstić information content (AvgIpc) is 3.11. The number of hydrogen-bond donors (Lipinski definition) is 0. The van der Waals surface area contributed by atoms with Crippen LogP contribution in [0, 0.1) is 6.92 Å². The van der Waals surface area contributed by atoms with Crippen LogP contribution in [-0.2, 0) is 4.79 Å². The lowest BCUT2D eigenvalue weighted by molar-refractivity contribution is -0.116. The van der Waals surface area contributed by atoms with E-state index >= 15 is 0 Å². The molecule has 3 aromatic rings. The van der Waals surface area contributed by atoms with Crippen molar-refractivity contribution >= 4 is 23.4 Å². The van der Waals surface area contributed by atoms with Gasteiger partial charge in [0.1, 0.15) is 5.69 Å². The number of likely N-dealkylation sites (N-methyl/N-ethyl adjacent to an activating group) is 1. The number of likely N-dealkylation sites (tertiary alicyclic amines) is 1. The third-order valence-corrected chi connectivity index (χ3v) is 6.99. The molecule has 2 aliphatic heterocycles. The average molecular weight is 432 g/mol. The lowest BCUT2D eigenvalue weighted by atomic mass is 9.89. The number of aryl methyl sites for hydroxylation is 1. The van der Waals surface area contributed by atoms with Crippen molar-refractivity contribution in [3.63, 3.8) is 0 Å². The number of carbonyl (C=O) groups excluding carboxylic acids is 1. The predicted molar refractivity (Wildman–Crippen MR) is 123 cm³/mol. The van der Waals surface area contributed by atoms with Gasteiger partial charge in [0.25, 0.3) is 0 Å². The molecule has 0 spiro atoms. The second-order valence-corrected chi connectivity index (χ2v) is 9.27. The number of piperidine rings is 1. The number of rotatable bonds is 4. The van der Waals surface area contributed by atoms with Gasteiger partial charge in [0, 0.05) is 29.8 Å². The second kappa shape index (κ2) is 8.40. The summed E-state index contributed by atoms with van der Waals surface area (Å²) in [7, 11) is 2.16. The summed E-state index contributed by atoms with van der Waals surface area (Å²) < 4.78 is 0. The lowest BCUT2D eigenvalue weighted by Gasteiger charge is -2.36. The summed E-state index contributed by atoms with van der Waals surface area (Å²) in [5.41, 5.74) is 5.33. The van der Waals surface area contributed by atoms with Gasteiger partial charge in [-0.3, -0.25) is 4.79 Å². The normalized spacial score (nSPS) is 20.4. The van der Waals surface area contributed by atoms with Crippen LogP contribution in [0.4, 0.5) is 5.69 Å². The molecule has 2 atom stereocenters. The molecule has 0 bridgehead atoms. The minimum Gasteiger partial charge on any atom is -0.308 e. The molecule has 158 valence electrons. The monoisotopic (exact) mass is 431 g/mol. The third-order valence-electron chi connectivity index (χ3n) is 6.16. The van der Waals surface area contributed by atoms with E-state index in [0.29, 0.717) is 16.8 Å². The molecular weight excluding hydrogens is 406 g/mol. The number of aromatic nitrogens is 3. The Morgan fingerprint density at radius 3 is 2.77 bits per heavy atom. The first-order chi connectivity index (χ1) is 15.1. The van der Waals surface area contributed by atoms with Gasteiger partial charge >= 0.3 is 0 Å². The quantitative estimate of drug-likeness (QED) is 0.586. The van der Waals surface area contributed by atoms with E-state index in [1.807, 2.05) is 35.2 Å². The maximum Gasteiger partial charge on any atom is 0.237 e. The summed E-state index contributed by atoms with van der Waals surface area (Å²) in [6.07, 6.45) is 2.71. The molecule has 0 N–H and O–H groups in total. The van der Waals surface area contributed by atoms with Crippen molar-refractivity contribution in [2.24, 2.45) is 0 Å². The predicted octanol–water partition coefficient (Wildman–Crippen LogP) is 3.77. The highest BCUT2D eigenvalue weighted by atomic mass is 32.2. The number of amides is 1. The number of nitrogens with zero attached hydrogens (tertiary/aromatic N) is 5. The van der Waals surface area contributed by atoms with E-state index in [1.54, 1.807) is 6.20 Å². The number of thioether (sulfide) groups is 1. The smallest absolute Gasteiger partial charge is 0.237 e. The summed E-state index contributed by atoms with van der Waals surface area (Å²) in [5.74, 6) is 0.798. The Labute approximate surface area is 186 Å². The van der Waals surface area contributed by atoms with E-state index in [2.05, 4.69) is 52.3 Å². The van der Waals surface area contributed by atoms with Gasteiger partial charge in [0.15, 0.2) is 0 Å². The summed E-state index contributed by atoms with van der Waals surface area (Å²) in [6, 6.07) is 16.5. The number of carbonyl (C=O) groups is 1. The third kappa shape index (κ3) is 3.95. The van der Waals surface area contributed by atoms with Crippen LogP contribution in [0.5, 0.6) is 0 Å². The Bertz CT molecular complexity index is 1090. The Balaban J connectivity index is 1.31. The molecule has 5 rings (SSSR count). The van der Waals surface area contributed by atoms with Crippen LogP contribution in [-0.4, -0.2) is 57.9 Å². The van der Waals surface area contributed by atoms with E-state index < -0.39 is 0 Å². The van der Waals surface area contributed by atoms with Crippen LogP contribution in [0.1, 0.15) is 23.5 Å². The Morgan fingerprint density at radius 1 is 1.16 bits per heavy atom. The van der Waals surface area contributed by atoms with E-state index in [4.69, 9.17) is 0 Å². The van der Waals surface area contributed by atoms with E-state index in [9.17, 15) is 4.79 Å². The van der Waals surface area contributed by atoms with Crippen molar-refractivity contribution in [2.75, 3.05) is 30.8 Å². The summed E-state index contributed by atoms with van der Waals surface area (Å²) in [6.45, 7) is 4.12. The van der Waals surface area contributed by atoms with Gasteiger partial charge in [0.05, 0.1) is 11.9 Å². The fraction of sp³-hybridized carbons (Fsp3) is 0.333. The molecule has 2 aliphatic rings. The first kappa shape index (κ1) is 20.2. The fourth-order valence-corrected chi connectivity index (χ4v) is 5.29. The molecule has 1 aromatic heterocycles. The molecule has 6 nitrogen and oxygen atoms in total. The lowest BCUT2D eigenvalue weighted by Crippen LogP contribution is -2.47. The largest absolute Gasteiger partial charge is 0.308 e. The second-order valence-electron chi connectivity index (χ2n) is 8.33. The van der Waals surface area contributed by atoms with E-state index in [1.165, 1.54) is 22.9 Å². The van der Waals surface area contributed by atoms with Crippen LogP contribution >= 0.6 is 11.8 Å². The van der Waals surface area contributed by atoms with Gasteiger partial charge in [-0.15, -0.1) is 10.2 Å². The fourth-order valence-electron chi connectivity index (χ4n) is 4.67. The number of anilines is 1. The summed E-state index contributed by atoms with van der Waals surface area (Å²) in [4.78, 5) is 22.1. The molecular formula is C24H25N5OS. The zero-order valence-electron chi connectivity index (χ0n) is 17.7. The van der Waals surface area contributed by atoms with Crippen molar-refractivity contribution in [1.82, 2.24) is 20.1 Å². The first-order valence-corrected chi connectivity index (χ1v) is 11.6. The molecule has 31 heavy (non-hydrogen) atoms. The van der Waals surface area contributed by atoms with Crippen LogP contribution in [0.15, 0.2) is 59.9 Å². The molecule has 0 saturated carbocycles. The van der Waals surface area contributed by atoms with Crippen molar-refractivity contribution in [3.05, 3.63) is 65.9 Å². The van der Waals surface area contributed by atoms with Crippen LogP contribution in [0.2, 0.25) is 0 Å². The number of hydrogen-bond acceptors (Lipinski definition) is 6. The summed E-state index contributed by atoms with van der Waals surface area (Å²) >= 11 is 1.35. The molecule has 0 radical (unpaired) electrons. The highest BCUT2D eigenvalue weighted by Gasteiger charge is 2.43. The maximum atomic E-state index is 13.3. The van der Waals surface area contributed by atoms with Crippen molar-refractivity contribution in [3.8, 4) is 11.3 Å². The van der Waals surface area contributed by atoms with Gasteiger partial charge in [0.2, 0.25) is 11.1 Å². The standard InChI is InChI=1S/C24H25N5OS/c1-16-8-9-21-18(12-16)19-14-28(2)11-10-22(19)29(21)23(30)15-31-24-25-13-20(26-27-24)17-6-4-3-5-7-17/h3-9,12-13,19,22H,10-11,14-15H2,1-2H3. The minimum atomic E-state index is 0.114. The molecule has 0 aliphatic carbocycles. The molecule has 1 saturated heterocycles. The van der Waals surface area contributed by atoms with Crippen LogP contribution in [0.25, 0.3) is 11.3 Å². The maximum absolute atomic E-state index is 13.3. The number of benzene rings is 2. The minimum absolute atomic E-state index is 0.114. The van der Waals surface area contributed by atoms with Gasteiger partial charge in [-0.1, -0.05) is 59.8 Å². The highest BCUT2D eigenvalue weighted by molar-refractivity contribution is 7.99. The van der Waals surface area contributed by atoms with Gasteiger partial charge < -0.3 is 9.80 Å². The molecule has 7 heteroatoms. The van der Waals surface area contributed by atoms with Gasteiger partial charge in [-0.25, -0.2) is 4.98 Å². The van der Waals surface area contributed by atoms with Crippen molar-refractivity contribution in [1.29, 1.82) is 0 Å². The highest BCUT2D eigenvalue weighted by Crippen LogP contribution is 2.45. The molecule has 1 fully saturated rings. The van der Waals surface area contributed by atoms with Crippen molar-refractivity contribution in [2.45, 2.75) is 30.5 Å².